The quantitative estimate of drug-likeness (QED) is 0.461. The lowest BCUT2D eigenvalue weighted by Gasteiger charge is -2.04. The molecule has 0 aromatic heterocycles. The fourth-order valence-corrected chi connectivity index (χ4v) is 1.44. The molecule has 0 saturated heterocycles. The Hall–Kier alpha value is -2.21. The maximum Gasteiger partial charge on any atom is 0.276 e. The van der Waals surface area contributed by atoms with Crippen LogP contribution < -0.4 is 11.1 Å². The Morgan fingerprint density at radius 2 is 2.21 bits per heavy atom. The van der Waals surface area contributed by atoms with Gasteiger partial charge in [0.15, 0.2) is 0 Å². The minimum Gasteiger partial charge on any atom is -0.352 e. The first-order valence-corrected chi connectivity index (χ1v) is 5.95. The van der Waals surface area contributed by atoms with E-state index < -0.39 is 4.92 Å². The number of carbonyl (C=O) groups is 1. The smallest absolute Gasteiger partial charge is 0.276 e. The lowest BCUT2D eigenvalue weighted by atomic mass is 10.1. The molecule has 1 aromatic rings. The molecule has 3 N–H and O–H groups in total. The van der Waals surface area contributed by atoms with Gasteiger partial charge in [-0.15, -0.1) is 0 Å². The summed E-state index contributed by atoms with van der Waals surface area (Å²) in [6, 6.07) is 6.27. The topological polar surface area (TPSA) is 98.3 Å². The molecule has 6 nitrogen and oxygen atoms in total. The van der Waals surface area contributed by atoms with Crippen LogP contribution in [0.15, 0.2) is 30.3 Å². The third kappa shape index (κ3) is 5.31. The third-order valence-electron chi connectivity index (χ3n) is 2.45. The van der Waals surface area contributed by atoms with Gasteiger partial charge >= 0.3 is 0 Å². The summed E-state index contributed by atoms with van der Waals surface area (Å²) in [6.45, 7) is 2.34. The number of benzene rings is 1. The highest BCUT2D eigenvalue weighted by molar-refractivity contribution is 5.92. The summed E-state index contributed by atoms with van der Waals surface area (Å²) in [6.07, 6.45) is 3.40. The summed E-state index contributed by atoms with van der Waals surface area (Å²) in [7, 11) is 0. The van der Waals surface area contributed by atoms with Crippen molar-refractivity contribution in [2.24, 2.45) is 5.73 Å². The van der Waals surface area contributed by atoms with Crippen molar-refractivity contribution in [3.8, 4) is 0 Å². The number of nitrogens with two attached hydrogens (primary N) is 1. The second-order valence-electron chi connectivity index (χ2n) is 4.21. The molecule has 0 heterocycles. The third-order valence-corrected chi connectivity index (χ3v) is 2.45. The van der Waals surface area contributed by atoms with E-state index in [9.17, 15) is 14.9 Å². The average molecular weight is 263 g/mol. The Kier molecular flexibility index (Phi) is 5.69. The Morgan fingerprint density at radius 1 is 1.53 bits per heavy atom. The predicted molar refractivity (Wildman–Crippen MR) is 73.4 cm³/mol. The number of para-hydroxylation sites is 1. The summed E-state index contributed by atoms with van der Waals surface area (Å²) in [4.78, 5) is 21.8. The van der Waals surface area contributed by atoms with E-state index in [1.54, 1.807) is 18.2 Å². The Labute approximate surface area is 111 Å². The van der Waals surface area contributed by atoms with Crippen LogP contribution in [0.25, 0.3) is 6.08 Å². The van der Waals surface area contributed by atoms with E-state index in [2.05, 4.69) is 5.32 Å². The van der Waals surface area contributed by atoms with Gasteiger partial charge in [-0.05, 0) is 25.5 Å². The highest BCUT2D eigenvalue weighted by Crippen LogP contribution is 2.18. The highest BCUT2D eigenvalue weighted by Gasteiger charge is 2.09. The lowest BCUT2D eigenvalue weighted by Crippen LogP contribution is -2.27. The molecule has 1 rings (SSSR count). The lowest BCUT2D eigenvalue weighted by molar-refractivity contribution is -0.385. The summed E-state index contributed by atoms with van der Waals surface area (Å²) >= 11 is 0. The van der Waals surface area contributed by atoms with E-state index in [0.717, 1.165) is 0 Å². The van der Waals surface area contributed by atoms with Crippen molar-refractivity contribution < 1.29 is 9.72 Å². The van der Waals surface area contributed by atoms with Crippen LogP contribution in [0.4, 0.5) is 5.69 Å². The summed E-state index contributed by atoms with van der Waals surface area (Å²) in [5.41, 5.74) is 5.92. The number of nitro groups is 1. The number of hydrogen-bond donors (Lipinski definition) is 2. The zero-order valence-electron chi connectivity index (χ0n) is 10.7. The van der Waals surface area contributed by atoms with Gasteiger partial charge in [-0.2, -0.15) is 0 Å². The molecule has 19 heavy (non-hydrogen) atoms. The van der Waals surface area contributed by atoms with Crippen molar-refractivity contribution >= 4 is 17.7 Å². The van der Waals surface area contributed by atoms with Gasteiger partial charge in [0.1, 0.15) is 0 Å². The van der Waals surface area contributed by atoms with Crippen LogP contribution in [0, 0.1) is 10.1 Å². The molecule has 0 saturated carbocycles. The number of rotatable bonds is 6. The Morgan fingerprint density at radius 3 is 2.84 bits per heavy atom. The zero-order chi connectivity index (χ0) is 14.3. The number of amides is 1. The molecule has 0 fully saturated rings. The van der Waals surface area contributed by atoms with Crippen LogP contribution in [0.2, 0.25) is 0 Å². The molecule has 1 atom stereocenters. The molecular weight excluding hydrogens is 246 g/mol. The standard InChI is InChI=1S/C13H17N3O3/c1-10(14)8-9-15-13(17)7-6-11-4-2-3-5-12(11)16(18)19/h2-7,10H,8-9,14H2,1H3,(H,15,17). The van der Waals surface area contributed by atoms with Gasteiger partial charge in [-0.25, -0.2) is 0 Å². The average Bonchev–Trinajstić information content (AvgIpc) is 2.36. The Balaban J connectivity index is 2.61. The van der Waals surface area contributed by atoms with E-state index in [1.807, 2.05) is 6.92 Å². The maximum atomic E-state index is 11.5. The molecule has 6 heteroatoms. The predicted octanol–water partition coefficient (Wildman–Crippen LogP) is 1.46. The molecule has 0 radical (unpaired) electrons. The molecule has 0 bridgehead atoms. The molecule has 0 aliphatic heterocycles. The largest absolute Gasteiger partial charge is 0.352 e. The van der Waals surface area contributed by atoms with Crippen LogP contribution in [0.5, 0.6) is 0 Å². The summed E-state index contributed by atoms with van der Waals surface area (Å²) in [5, 5.41) is 13.4. The number of nitrogens with zero attached hydrogens (tertiary/aromatic N) is 1. The minimum atomic E-state index is -0.478. The van der Waals surface area contributed by atoms with Crippen molar-refractivity contribution in [1.29, 1.82) is 0 Å². The molecular formula is C13H17N3O3. The van der Waals surface area contributed by atoms with Crippen LogP contribution in [-0.4, -0.2) is 23.4 Å². The van der Waals surface area contributed by atoms with Gasteiger partial charge in [-0.3, -0.25) is 14.9 Å². The van der Waals surface area contributed by atoms with Gasteiger partial charge in [0.25, 0.3) is 5.69 Å². The number of nitro benzene ring substituents is 1. The van der Waals surface area contributed by atoms with E-state index in [4.69, 9.17) is 5.73 Å². The van der Waals surface area contributed by atoms with Crippen molar-refractivity contribution in [3.05, 3.63) is 46.0 Å². The minimum absolute atomic E-state index is 0.0258. The molecule has 0 spiro atoms. The van der Waals surface area contributed by atoms with Crippen molar-refractivity contribution in [2.75, 3.05) is 6.54 Å². The Bertz CT molecular complexity index is 484. The molecule has 1 unspecified atom stereocenters. The first kappa shape index (κ1) is 14.8. The van der Waals surface area contributed by atoms with Crippen molar-refractivity contribution in [2.45, 2.75) is 19.4 Å². The first-order valence-electron chi connectivity index (χ1n) is 5.95. The van der Waals surface area contributed by atoms with Gasteiger partial charge in [-0.1, -0.05) is 12.1 Å². The normalized spacial score (nSPS) is 12.3. The van der Waals surface area contributed by atoms with Gasteiger partial charge in [0.2, 0.25) is 5.91 Å². The van der Waals surface area contributed by atoms with Crippen molar-refractivity contribution in [3.63, 3.8) is 0 Å². The molecule has 1 amide bonds. The number of nitrogens with one attached hydrogen (secondary N) is 1. The van der Waals surface area contributed by atoms with Crippen LogP contribution in [-0.2, 0) is 4.79 Å². The maximum absolute atomic E-state index is 11.5. The fourth-order valence-electron chi connectivity index (χ4n) is 1.44. The SMILES string of the molecule is CC(N)CCNC(=O)C=Cc1ccccc1[N+](=O)[O-]. The van der Waals surface area contributed by atoms with Gasteiger partial charge in [0.05, 0.1) is 10.5 Å². The van der Waals surface area contributed by atoms with Crippen LogP contribution in [0.3, 0.4) is 0 Å². The highest BCUT2D eigenvalue weighted by atomic mass is 16.6. The van der Waals surface area contributed by atoms with Crippen LogP contribution in [0.1, 0.15) is 18.9 Å². The zero-order valence-corrected chi connectivity index (χ0v) is 10.7. The van der Waals surface area contributed by atoms with Crippen molar-refractivity contribution in [1.82, 2.24) is 5.32 Å². The van der Waals surface area contributed by atoms with E-state index >= 15 is 0 Å². The number of carbonyl (C=O) groups excluding carboxylic acids is 1. The first-order chi connectivity index (χ1) is 9.00. The van der Waals surface area contributed by atoms with Crippen LogP contribution >= 0.6 is 0 Å². The second kappa shape index (κ2) is 7.27. The second-order valence-corrected chi connectivity index (χ2v) is 4.21. The van der Waals surface area contributed by atoms with Gasteiger partial charge < -0.3 is 11.1 Å². The molecule has 0 aliphatic rings. The van der Waals surface area contributed by atoms with E-state index in [1.165, 1.54) is 18.2 Å². The monoisotopic (exact) mass is 263 g/mol. The van der Waals surface area contributed by atoms with E-state index in [-0.39, 0.29) is 17.6 Å². The number of hydrogen-bond acceptors (Lipinski definition) is 4. The van der Waals surface area contributed by atoms with Gasteiger partial charge in [0, 0.05) is 24.7 Å². The molecule has 102 valence electrons. The summed E-state index contributed by atoms with van der Waals surface area (Å²) < 4.78 is 0. The van der Waals surface area contributed by atoms with E-state index in [0.29, 0.717) is 18.5 Å². The molecule has 1 aromatic carbocycles. The summed E-state index contributed by atoms with van der Waals surface area (Å²) in [5.74, 6) is -0.293. The molecule has 0 aliphatic carbocycles. The fraction of sp³-hybridized carbons (Fsp3) is 0.308.